The molecule has 0 aromatic carbocycles. The number of carbonyl (C=O) groups is 2. The van der Waals surface area contributed by atoms with Crippen LogP contribution < -0.4 is 10.6 Å². The summed E-state index contributed by atoms with van der Waals surface area (Å²) in [6, 6.07) is 4.01. The normalized spacial score (nSPS) is 19.8. The number of pyridine rings is 1. The van der Waals surface area contributed by atoms with Crippen LogP contribution in [0.5, 0.6) is 0 Å². The smallest absolute Gasteiger partial charge is 0.261 e. The molecule has 3 rings (SSSR count). The molecule has 1 fully saturated rings. The quantitative estimate of drug-likeness (QED) is 0.763. The lowest BCUT2D eigenvalue weighted by Crippen LogP contribution is -2.31. The Kier molecular flexibility index (Phi) is 6.79. The molecule has 0 spiro atoms. The number of thiophene rings is 1. The first-order chi connectivity index (χ1) is 13.1. The van der Waals surface area contributed by atoms with Crippen molar-refractivity contribution < 1.29 is 14.3 Å². The van der Waals surface area contributed by atoms with Gasteiger partial charge in [-0.05, 0) is 49.1 Å². The highest BCUT2D eigenvalue weighted by Gasteiger charge is 2.29. The summed E-state index contributed by atoms with van der Waals surface area (Å²) >= 11 is 1.48. The van der Waals surface area contributed by atoms with Gasteiger partial charge in [0.2, 0.25) is 5.91 Å². The Morgan fingerprint density at radius 3 is 2.78 bits per heavy atom. The van der Waals surface area contributed by atoms with Crippen molar-refractivity contribution in [3.63, 3.8) is 0 Å². The summed E-state index contributed by atoms with van der Waals surface area (Å²) in [7, 11) is 3.28. The average Bonchev–Trinajstić information content (AvgIpc) is 3.10. The van der Waals surface area contributed by atoms with E-state index in [4.69, 9.17) is 4.74 Å². The maximum atomic E-state index is 12.4. The van der Waals surface area contributed by atoms with E-state index in [1.165, 1.54) is 11.3 Å². The number of rotatable bonds is 7. The molecule has 0 aliphatic heterocycles. The number of nitrogens with zero attached hydrogens (tertiary/aromatic N) is 1. The third-order valence-corrected chi connectivity index (χ3v) is 6.44. The maximum Gasteiger partial charge on any atom is 0.261 e. The van der Waals surface area contributed by atoms with Crippen molar-refractivity contribution in [3.05, 3.63) is 28.8 Å². The number of amides is 2. The largest absolute Gasteiger partial charge is 0.384 e. The molecule has 146 valence electrons. The summed E-state index contributed by atoms with van der Waals surface area (Å²) < 4.78 is 4.94. The van der Waals surface area contributed by atoms with Gasteiger partial charge in [0.1, 0.15) is 4.83 Å². The van der Waals surface area contributed by atoms with E-state index in [0.29, 0.717) is 24.9 Å². The standard InChI is InChI=1S/C20H27N3O3S/c1-21-19(25)18-17(15-4-3-10-22-20(15)27-18)14-7-5-13(6-8-14)12-23-16(24)9-11-26-2/h3-4,10,13-14H,5-9,11-12H2,1-2H3,(H,21,25)(H,23,24). The first-order valence-corrected chi connectivity index (χ1v) is 10.3. The lowest BCUT2D eigenvalue weighted by Gasteiger charge is -2.29. The summed E-state index contributed by atoms with van der Waals surface area (Å²) in [5.41, 5.74) is 1.16. The van der Waals surface area contributed by atoms with Crippen LogP contribution in [-0.4, -0.2) is 44.1 Å². The highest BCUT2D eigenvalue weighted by Crippen LogP contribution is 2.43. The Morgan fingerprint density at radius 2 is 2.07 bits per heavy atom. The summed E-state index contributed by atoms with van der Waals surface area (Å²) in [5, 5.41) is 6.89. The van der Waals surface area contributed by atoms with E-state index in [1.807, 2.05) is 6.07 Å². The molecular formula is C20H27N3O3S. The zero-order valence-corrected chi connectivity index (χ0v) is 16.7. The summed E-state index contributed by atoms with van der Waals surface area (Å²) in [6.07, 6.45) is 6.36. The predicted molar refractivity (Wildman–Crippen MR) is 107 cm³/mol. The Bertz CT molecular complexity index is 797. The van der Waals surface area contributed by atoms with Crippen molar-refractivity contribution in [2.75, 3.05) is 27.3 Å². The third-order valence-electron chi connectivity index (χ3n) is 5.31. The van der Waals surface area contributed by atoms with E-state index in [1.54, 1.807) is 20.4 Å². The molecule has 2 aromatic rings. The topological polar surface area (TPSA) is 80.3 Å². The molecule has 0 unspecified atom stereocenters. The van der Waals surface area contributed by atoms with Gasteiger partial charge in [-0.25, -0.2) is 4.98 Å². The molecule has 0 atom stereocenters. The van der Waals surface area contributed by atoms with Gasteiger partial charge in [0.25, 0.3) is 5.91 Å². The van der Waals surface area contributed by atoms with Crippen LogP contribution in [0.15, 0.2) is 18.3 Å². The second-order valence-electron chi connectivity index (χ2n) is 7.04. The number of carbonyl (C=O) groups excluding carboxylic acids is 2. The highest BCUT2D eigenvalue weighted by atomic mass is 32.1. The molecule has 1 aliphatic rings. The maximum absolute atomic E-state index is 12.4. The number of fused-ring (bicyclic) bond motifs is 1. The number of hydrogen-bond acceptors (Lipinski definition) is 5. The summed E-state index contributed by atoms with van der Waals surface area (Å²) in [5.74, 6) is 0.895. The molecule has 6 nitrogen and oxygen atoms in total. The van der Waals surface area contributed by atoms with Gasteiger partial charge in [-0.1, -0.05) is 6.07 Å². The van der Waals surface area contributed by atoms with Crippen molar-refractivity contribution in [2.24, 2.45) is 5.92 Å². The minimum Gasteiger partial charge on any atom is -0.384 e. The van der Waals surface area contributed by atoms with Crippen molar-refractivity contribution in [2.45, 2.75) is 38.0 Å². The summed E-state index contributed by atoms with van der Waals surface area (Å²) in [4.78, 5) is 30.3. The molecule has 1 aliphatic carbocycles. The van der Waals surface area contributed by atoms with Crippen LogP contribution in [0.3, 0.4) is 0 Å². The monoisotopic (exact) mass is 389 g/mol. The van der Waals surface area contributed by atoms with Crippen LogP contribution in [-0.2, 0) is 9.53 Å². The third kappa shape index (κ3) is 4.65. The van der Waals surface area contributed by atoms with Gasteiger partial charge < -0.3 is 15.4 Å². The van der Waals surface area contributed by atoms with Crippen molar-refractivity contribution in [3.8, 4) is 0 Å². The molecular weight excluding hydrogens is 362 g/mol. The molecule has 2 aromatic heterocycles. The van der Waals surface area contributed by atoms with Crippen LogP contribution in [0, 0.1) is 5.92 Å². The number of nitrogens with one attached hydrogen (secondary N) is 2. The Hall–Kier alpha value is -1.99. The van der Waals surface area contributed by atoms with E-state index in [9.17, 15) is 9.59 Å². The van der Waals surface area contributed by atoms with E-state index >= 15 is 0 Å². The van der Waals surface area contributed by atoms with Crippen LogP contribution in [0.4, 0.5) is 0 Å². The molecule has 0 bridgehead atoms. The predicted octanol–water partition coefficient (Wildman–Crippen LogP) is 3.08. The Labute approximate surface area is 163 Å². The first-order valence-electron chi connectivity index (χ1n) is 9.49. The van der Waals surface area contributed by atoms with Gasteiger partial charge in [0, 0.05) is 38.7 Å². The molecule has 27 heavy (non-hydrogen) atoms. The van der Waals surface area contributed by atoms with E-state index in [0.717, 1.165) is 52.9 Å². The fourth-order valence-corrected chi connectivity index (χ4v) is 5.01. The van der Waals surface area contributed by atoms with Crippen molar-refractivity contribution in [1.29, 1.82) is 0 Å². The number of methoxy groups -OCH3 is 1. The minimum absolute atomic E-state index is 0.0273. The second kappa shape index (κ2) is 9.28. The Morgan fingerprint density at radius 1 is 1.30 bits per heavy atom. The number of hydrogen-bond donors (Lipinski definition) is 2. The average molecular weight is 390 g/mol. The molecule has 0 saturated heterocycles. The van der Waals surface area contributed by atoms with Crippen LogP contribution in [0.2, 0.25) is 0 Å². The molecule has 0 radical (unpaired) electrons. The number of aromatic nitrogens is 1. The van der Waals surface area contributed by atoms with Gasteiger partial charge >= 0.3 is 0 Å². The first kappa shape index (κ1) is 19.8. The van der Waals surface area contributed by atoms with E-state index < -0.39 is 0 Å². The van der Waals surface area contributed by atoms with Gasteiger partial charge in [-0.2, -0.15) is 0 Å². The fraction of sp³-hybridized carbons (Fsp3) is 0.550. The lowest BCUT2D eigenvalue weighted by atomic mass is 9.78. The van der Waals surface area contributed by atoms with Gasteiger partial charge in [0.05, 0.1) is 11.5 Å². The van der Waals surface area contributed by atoms with Crippen molar-refractivity contribution >= 4 is 33.4 Å². The number of ether oxygens (including phenoxy) is 1. The molecule has 2 N–H and O–H groups in total. The zero-order valence-electron chi connectivity index (χ0n) is 15.9. The molecule has 7 heteroatoms. The fourth-order valence-electron chi connectivity index (χ4n) is 3.84. The van der Waals surface area contributed by atoms with Crippen LogP contribution in [0.25, 0.3) is 10.2 Å². The zero-order chi connectivity index (χ0) is 19.2. The highest BCUT2D eigenvalue weighted by molar-refractivity contribution is 7.20. The van der Waals surface area contributed by atoms with Gasteiger partial charge in [-0.3, -0.25) is 9.59 Å². The lowest BCUT2D eigenvalue weighted by molar-refractivity contribution is -0.122. The van der Waals surface area contributed by atoms with E-state index in [-0.39, 0.29) is 11.8 Å². The Balaban J connectivity index is 1.66. The van der Waals surface area contributed by atoms with Gasteiger partial charge in [0.15, 0.2) is 0 Å². The van der Waals surface area contributed by atoms with Crippen molar-refractivity contribution in [1.82, 2.24) is 15.6 Å². The summed E-state index contributed by atoms with van der Waals surface area (Å²) in [6.45, 7) is 1.18. The second-order valence-corrected chi connectivity index (χ2v) is 8.04. The molecule has 1 saturated carbocycles. The minimum atomic E-state index is -0.0273. The van der Waals surface area contributed by atoms with Crippen LogP contribution in [0.1, 0.15) is 53.3 Å². The molecule has 2 heterocycles. The van der Waals surface area contributed by atoms with Gasteiger partial charge in [-0.15, -0.1) is 11.3 Å². The molecule has 2 amide bonds. The SMILES string of the molecule is CNC(=O)c1sc2ncccc2c1C1CCC(CNC(=O)CCOC)CC1. The van der Waals surface area contributed by atoms with Crippen LogP contribution >= 0.6 is 11.3 Å². The van der Waals surface area contributed by atoms with E-state index in [2.05, 4.69) is 21.7 Å².